The molecule has 2 heterocycles. The molecular weight excluding hydrogens is 428 g/mol. The average Bonchev–Trinajstić information content (AvgIpc) is 3.69. The zero-order valence-electron chi connectivity index (χ0n) is 19.4. The van der Waals surface area contributed by atoms with Crippen LogP contribution in [0, 0.1) is 5.92 Å². The molecule has 1 fully saturated rings. The number of aromatic nitrogens is 2. The second-order valence-corrected chi connectivity index (χ2v) is 9.16. The number of nitrogens with zero attached hydrogens (tertiary/aromatic N) is 4. The normalized spacial score (nSPS) is 17.4. The van der Waals surface area contributed by atoms with Gasteiger partial charge < -0.3 is 14.9 Å². The van der Waals surface area contributed by atoms with Gasteiger partial charge in [-0.15, -0.1) is 0 Å². The van der Waals surface area contributed by atoms with E-state index in [4.69, 9.17) is 0 Å². The van der Waals surface area contributed by atoms with Gasteiger partial charge in [0.2, 0.25) is 5.91 Å². The smallest absolute Gasteiger partial charge is 0.224 e. The SMILES string of the molecule is CC(=O)c1ncc(-c2ccc3c(c2)N(Cc2ccccc2CO)C[C@H](C2CC2)N3C(C)=O)cn1. The maximum atomic E-state index is 12.7. The number of hydrogen-bond acceptors (Lipinski definition) is 6. The van der Waals surface area contributed by atoms with Gasteiger partial charge in [-0.05, 0) is 47.6 Å². The predicted molar refractivity (Wildman–Crippen MR) is 131 cm³/mol. The minimum atomic E-state index is -0.172. The molecule has 0 spiro atoms. The molecule has 174 valence electrons. The van der Waals surface area contributed by atoms with E-state index in [1.807, 2.05) is 41.3 Å². The Morgan fingerprint density at radius 3 is 2.29 bits per heavy atom. The molecule has 1 aliphatic heterocycles. The predicted octanol–water partition coefficient (Wildman–Crippen LogP) is 3.99. The number of carbonyl (C=O) groups is 2. The standard InChI is InChI=1S/C27H28N4O3/c1-17(33)27-28-12-23(13-29-27)20-9-10-24-25(11-20)30(14-21-5-3-4-6-22(21)16-32)15-26(19-7-8-19)31(24)18(2)34/h3-6,9-13,19,26,32H,7-8,14-16H2,1-2H3/t26-/m1/s1. The fourth-order valence-corrected chi connectivity index (χ4v) is 4.87. The van der Waals surface area contributed by atoms with Gasteiger partial charge in [0.15, 0.2) is 11.6 Å². The van der Waals surface area contributed by atoms with Crippen molar-refractivity contribution in [2.24, 2.45) is 5.92 Å². The van der Waals surface area contributed by atoms with Crippen molar-refractivity contribution in [2.75, 3.05) is 16.3 Å². The molecule has 7 heteroatoms. The third-order valence-corrected chi connectivity index (χ3v) is 6.77. The Labute approximate surface area is 199 Å². The number of Topliss-reactive ketones (excluding diaryl/α,β-unsaturated/α-hetero) is 1. The number of benzene rings is 2. The second kappa shape index (κ2) is 8.99. The van der Waals surface area contributed by atoms with Crippen LogP contribution in [0.3, 0.4) is 0 Å². The molecule has 1 aliphatic carbocycles. The van der Waals surface area contributed by atoms with E-state index in [0.29, 0.717) is 12.5 Å². The number of hydrogen-bond donors (Lipinski definition) is 1. The molecule has 1 atom stereocenters. The highest BCUT2D eigenvalue weighted by Crippen LogP contribution is 2.45. The second-order valence-electron chi connectivity index (χ2n) is 9.16. The molecule has 2 aliphatic rings. The first-order valence-corrected chi connectivity index (χ1v) is 11.7. The molecule has 34 heavy (non-hydrogen) atoms. The topological polar surface area (TPSA) is 86.6 Å². The molecule has 7 nitrogen and oxygen atoms in total. The van der Waals surface area contributed by atoms with Gasteiger partial charge in [0, 0.05) is 44.9 Å². The Morgan fingerprint density at radius 1 is 0.971 bits per heavy atom. The zero-order valence-corrected chi connectivity index (χ0v) is 19.4. The van der Waals surface area contributed by atoms with Crippen LogP contribution in [-0.2, 0) is 17.9 Å². The van der Waals surface area contributed by atoms with Crippen LogP contribution in [0.15, 0.2) is 54.9 Å². The first-order chi connectivity index (χ1) is 16.5. The molecule has 0 unspecified atom stereocenters. The van der Waals surface area contributed by atoms with Crippen LogP contribution < -0.4 is 9.80 Å². The van der Waals surface area contributed by atoms with Gasteiger partial charge >= 0.3 is 0 Å². The monoisotopic (exact) mass is 456 g/mol. The van der Waals surface area contributed by atoms with E-state index in [0.717, 1.165) is 53.0 Å². The molecule has 1 saturated carbocycles. The number of amides is 1. The quantitative estimate of drug-likeness (QED) is 0.565. The lowest BCUT2D eigenvalue weighted by Gasteiger charge is -2.44. The van der Waals surface area contributed by atoms with Crippen LogP contribution in [-0.4, -0.2) is 39.4 Å². The Morgan fingerprint density at radius 2 is 1.68 bits per heavy atom. The Kier molecular flexibility index (Phi) is 5.87. The summed E-state index contributed by atoms with van der Waals surface area (Å²) in [5.41, 5.74) is 5.58. The molecule has 1 N–H and O–H groups in total. The van der Waals surface area contributed by atoms with Gasteiger partial charge in [0.05, 0.1) is 24.0 Å². The van der Waals surface area contributed by atoms with Crippen molar-refractivity contribution in [1.82, 2.24) is 9.97 Å². The van der Waals surface area contributed by atoms with Crippen LogP contribution >= 0.6 is 0 Å². The van der Waals surface area contributed by atoms with Crippen LogP contribution in [0.25, 0.3) is 11.1 Å². The number of rotatable bonds is 6. The molecular formula is C27H28N4O3. The number of ketones is 1. The molecule has 1 amide bonds. The largest absolute Gasteiger partial charge is 0.392 e. The summed E-state index contributed by atoms with van der Waals surface area (Å²) in [4.78, 5) is 37.0. The van der Waals surface area contributed by atoms with Crippen molar-refractivity contribution in [3.8, 4) is 11.1 Å². The lowest BCUT2D eigenvalue weighted by molar-refractivity contribution is -0.117. The first kappa shape index (κ1) is 22.2. The van der Waals surface area contributed by atoms with Crippen molar-refractivity contribution >= 4 is 23.1 Å². The maximum Gasteiger partial charge on any atom is 0.224 e. The van der Waals surface area contributed by atoms with E-state index >= 15 is 0 Å². The fourth-order valence-electron chi connectivity index (χ4n) is 4.87. The van der Waals surface area contributed by atoms with Crippen molar-refractivity contribution in [3.63, 3.8) is 0 Å². The summed E-state index contributed by atoms with van der Waals surface area (Å²) in [6.07, 6.45) is 5.61. The number of aliphatic hydroxyl groups is 1. The number of aliphatic hydroxyl groups excluding tert-OH is 1. The lowest BCUT2D eigenvalue weighted by Crippen LogP contribution is -2.52. The summed E-state index contributed by atoms with van der Waals surface area (Å²) in [5, 5.41) is 9.85. The van der Waals surface area contributed by atoms with Gasteiger partial charge in [0.1, 0.15) is 0 Å². The first-order valence-electron chi connectivity index (χ1n) is 11.7. The third-order valence-electron chi connectivity index (χ3n) is 6.77. The van der Waals surface area contributed by atoms with Crippen LogP contribution in [0.4, 0.5) is 11.4 Å². The lowest BCUT2D eigenvalue weighted by atomic mass is 9.98. The number of fused-ring (bicyclic) bond motifs is 1. The molecule has 0 saturated heterocycles. The minimum Gasteiger partial charge on any atom is -0.392 e. The highest BCUT2D eigenvalue weighted by molar-refractivity contribution is 5.98. The maximum absolute atomic E-state index is 12.7. The van der Waals surface area contributed by atoms with Crippen molar-refractivity contribution < 1.29 is 14.7 Å². The number of carbonyl (C=O) groups excluding carboxylic acids is 2. The molecule has 0 radical (unpaired) electrons. The Hall–Kier alpha value is -3.58. The van der Waals surface area contributed by atoms with E-state index in [2.05, 4.69) is 20.9 Å². The van der Waals surface area contributed by atoms with E-state index < -0.39 is 0 Å². The zero-order chi connectivity index (χ0) is 23.8. The Balaban J connectivity index is 1.58. The highest BCUT2D eigenvalue weighted by Gasteiger charge is 2.42. The van der Waals surface area contributed by atoms with Crippen molar-refractivity contribution in [1.29, 1.82) is 0 Å². The average molecular weight is 457 g/mol. The molecule has 2 aromatic carbocycles. The molecule has 3 aromatic rings. The minimum absolute atomic E-state index is 0.0115. The summed E-state index contributed by atoms with van der Waals surface area (Å²) in [6.45, 7) is 4.45. The summed E-state index contributed by atoms with van der Waals surface area (Å²) in [6, 6.07) is 14.1. The highest BCUT2D eigenvalue weighted by atomic mass is 16.3. The third kappa shape index (κ3) is 4.19. The van der Waals surface area contributed by atoms with E-state index in [9.17, 15) is 14.7 Å². The summed E-state index contributed by atoms with van der Waals surface area (Å²) >= 11 is 0. The fraction of sp³-hybridized carbons (Fsp3) is 0.333. The van der Waals surface area contributed by atoms with Gasteiger partial charge in [-0.25, -0.2) is 9.97 Å². The number of anilines is 2. The van der Waals surface area contributed by atoms with E-state index in [1.54, 1.807) is 19.3 Å². The summed E-state index contributed by atoms with van der Waals surface area (Å²) in [5.74, 6) is 0.586. The van der Waals surface area contributed by atoms with Crippen LogP contribution in [0.1, 0.15) is 48.4 Å². The van der Waals surface area contributed by atoms with E-state index in [1.165, 1.54) is 6.92 Å². The van der Waals surface area contributed by atoms with Crippen molar-refractivity contribution in [2.45, 2.75) is 45.9 Å². The van der Waals surface area contributed by atoms with E-state index in [-0.39, 0.29) is 30.2 Å². The van der Waals surface area contributed by atoms with Gasteiger partial charge in [-0.2, -0.15) is 0 Å². The molecule has 5 rings (SSSR count). The van der Waals surface area contributed by atoms with Gasteiger partial charge in [-0.3, -0.25) is 9.59 Å². The van der Waals surface area contributed by atoms with Crippen LogP contribution in [0.5, 0.6) is 0 Å². The summed E-state index contributed by atoms with van der Waals surface area (Å²) in [7, 11) is 0. The van der Waals surface area contributed by atoms with Crippen LogP contribution in [0.2, 0.25) is 0 Å². The molecule has 1 aromatic heterocycles. The Bertz CT molecular complexity index is 1240. The van der Waals surface area contributed by atoms with Crippen molar-refractivity contribution in [3.05, 3.63) is 71.8 Å². The van der Waals surface area contributed by atoms with Gasteiger partial charge in [0.25, 0.3) is 0 Å². The summed E-state index contributed by atoms with van der Waals surface area (Å²) < 4.78 is 0. The molecule has 0 bridgehead atoms. The van der Waals surface area contributed by atoms with Gasteiger partial charge in [-0.1, -0.05) is 30.3 Å².